The number of rotatable bonds is 2. The maximum atomic E-state index is 4.98. The molecule has 1 rings (SSSR count). The number of allylic oxidation sites excluding steroid dienone is 2. The summed E-state index contributed by atoms with van der Waals surface area (Å²) in [7, 11) is 1.72. The second kappa shape index (κ2) is 3.94. The van der Waals surface area contributed by atoms with Gasteiger partial charge >= 0.3 is 0 Å². The summed E-state index contributed by atoms with van der Waals surface area (Å²) >= 11 is 3.49. The second-order valence-corrected chi connectivity index (χ2v) is 3.50. The largest absolute Gasteiger partial charge is 0.380 e. The maximum Gasteiger partial charge on any atom is 0.0709 e. The molecular formula is C8H11BrO. The normalized spacial score (nSPS) is 24.6. The van der Waals surface area contributed by atoms with Gasteiger partial charge < -0.3 is 4.74 Å². The summed E-state index contributed by atoms with van der Waals surface area (Å²) in [6.07, 6.45) is 7.53. The predicted octanol–water partition coefficient (Wildman–Crippen LogP) is 2.28. The summed E-state index contributed by atoms with van der Waals surface area (Å²) in [5, 5.41) is 0. The third kappa shape index (κ3) is 2.27. The van der Waals surface area contributed by atoms with Crippen molar-refractivity contribution in [1.82, 2.24) is 0 Å². The van der Waals surface area contributed by atoms with Crippen LogP contribution in [-0.2, 0) is 4.74 Å². The smallest absolute Gasteiger partial charge is 0.0709 e. The Hall–Kier alpha value is -0.0800. The summed E-state index contributed by atoms with van der Waals surface area (Å²) in [5.74, 6) is 0. The molecule has 1 unspecified atom stereocenters. The molecule has 0 amide bonds. The molecule has 0 aromatic rings. The van der Waals surface area contributed by atoms with Crippen LogP contribution in [0.15, 0.2) is 23.8 Å². The minimum absolute atomic E-state index is 0.521. The van der Waals surface area contributed by atoms with Gasteiger partial charge in [0.1, 0.15) is 0 Å². The van der Waals surface area contributed by atoms with Crippen LogP contribution in [0.5, 0.6) is 0 Å². The minimum Gasteiger partial charge on any atom is -0.380 e. The van der Waals surface area contributed by atoms with Crippen molar-refractivity contribution in [3.05, 3.63) is 23.8 Å². The Kier molecular flexibility index (Phi) is 3.16. The average Bonchev–Trinajstić information content (AvgIpc) is 1.95. The number of ether oxygens (including phenoxy) is 1. The highest BCUT2D eigenvalue weighted by atomic mass is 79.9. The van der Waals surface area contributed by atoms with Crippen LogP contribution in [0, 0.1) is 0 Å². The van der Waals surface area contributed by atoms with Gasteiger partial charge in [-0.1, -0.05) is 34.2 Å². The van der Waals surface area contributed by atoms with Crippen LogP contribution >= 0.6 is 15.9 Å². The Morgan fingerprint density at radius 1 is 1.80 bits per heavy atom. The minimum atomic E-state index is 0.521. The highest BCUT2D eigenvalue weighted by Crippen LogP contribution is 2.16. The Morgan fingerprint density at radius 2 is 2.60 bits per heavy atom. The lowest BCUT2D eigenvalue weighted by Crippen LogP contribution is -2.00. The van der Waals surface area contributed by atoms with Crippen LogP contribution in [-0.4, -0.2) is 18.5 Å². The number of halogens is 1. The van der Waals surface area contributed by atoms with Crippen molar-refractivity contribution in [2.24, 2.45) is 0 Å². The van der Waals surface area contributed by atoms with Gasteiger partial charge in [0, 0.05) is 11.9 Å². The number of hydrogen-bond donors (Lipinski definition) is 0. The van der Waals surface area contributed by atoms with Gasteiger partial charge in [0.25, 0.3) is 0 Å². The van der Waals surface area contributed by atoms with Gasteiger partial charge in [0.05, 0.1) is 6.61 Å². The molecule has 0 heterocycles. The van der Waals surface area contributed by atoms with E-state index in [1.165, 1.54) is 5.57 Å². The molecule has 0 radical (unpaired) electrons. The van der Waals surface area contributed by atoms with Gasteiger partial charge in [-0.3, -0.25) is 0 Å². The van der Waals surface area contributed by atoms with E-state index in [1.807, 2.05) is 0 Å². The Morgan fingerprint density at radius 3 is 3.10 bits per heavy atom. The molecule has 1 nitrogen and oxygen atoms in total. The zero-order chi connectivity index (χ0) is 7.40. The van der Waals surface area contributed by atoms with Crippen LogP contribution in [0.3, 0.4) is 0 Å². The summed E-state index contributed by atoms with van der Waals surface area (Å²) in [5.41, 5.74) is 1.28. The van der Waals surface area contributed by atoms with E-state index in [-0.39, 0.29) is 0 Å². The lowest BCUT2D eigenvalue weighted by atomic mass is 10.1. The fourth-order valence-corrected chi connectivity index (χ4v) is 1.25. The summed E-state index contributed by atoms with van der Waals surface area (Å²) in [6.45, 7) is 0.732. The van der Waals surface area contributed by atoms with Crippen molar-refractivity contribution in [2.75, 3.05) is 13.7 Å². The third-order valence-electron chi connectivity index (χ3n) is 1.44. The molecule has 0 saturated heterocycles. The lowest BCUT2D eigenvalue weighted by molar-refractivity contribution is 0.228. The molecule has 56 valence electrons. The molecule has 0 aromatic heterocycles. The summed E-state index contributed by atoms with van der Waals surface area (Å²) < 4.78 is 4.98. The van der Waals surface area contributed by atoms with E-state index in [2.05, 4.69) is 34.2 Å². The van der Waals surface area contributed by atoms with Crippen LogP contribution in [0.4, 0.5) is 0 Å². The molecule has 0 fully saturated rings. The SMILES string of the molecule is COCC1=CCC(Br)C=C1. The molecule has 0 N–H and O–H groups in total. The molecule has 0 aromatic carbocycles. The summed E-state index contributed by atoms with van der Waals surface area (Å²) in [4.78, 5) is 0.521. The van der Waals surface area contributed by atoms with E-state index >= 15 is 0 Å². The summed E-state index contributed by atoms with van der Waals surface area (Å²) in [6, 6.07) is 0. The molecular weight excluding hydrogens is 192 g/mol. The highest BCUT2D eigenvalue weighted by Gasteiger charge is 2.03. The van der Waals surface area contributed by atoms with Crippen LogP contribution in [0.2, 0.25) is 0 Å². The fraction of sp³-hybridized carbons (Fsp3) is 0.500. The van der Waals surface area contributed by atoms with Crippen LogP contribution in [0.1, 0.15) is 6.42 Å². The lowest BCUT2D eigenvalue weighted by Gasteiger charge is -2.08. The standard InChI is InChI=1S/C8H11BrO/c1-10-6-7-2-4-8(9)5-3-7/h2-4,8H,5-6H2,1H3. The van der Waals surface area contributed by atoms with Crippen molar-refractivity contribution < 1.29 is 4.74 Å². The molecule has 10 heavy (non-hydrogen) atoms. The van der Waals surface area contributed by atoms with E-state index in [0.717, 1.165) is 13.0 Å². The quantitative estimate of drug-likeness (QED) is 0.625. The Labute approximate surface area is 69.9 Å². The number of methoxy groups -OCH3 is 1. The van der Waals surface area contributed by atoms with Gasteiger partial charge in [-0.25, -0.2) is 0 Å². The maximum absolute atomic E-state index is 4.98. The Balaban J connectivity index is 2.42. The van der Waals surface area contributed by atoms with Crippen molar-refractivity contribution in [1.29, 1.82) is 0 Å². The number of alkyl halides is 1. The zero-order valence-corrected chi connectivity index (χ0v) is 7.60. The van der Waals surface area contributed by atoms with Gasteiger partial charge in [0.15, 0.2) is 0 Å². The van der Waals surface area contributed by atoms with Crippen molar-refractivity contribution in [2.45, 2.75) is 11.2 Å². The molecule has 1 atom stereocenters. The molecule has 0 aliphatic heterocycles. The Bertz CT molecular complexity index is 161. The predicted molar refractivity (Wildman–Crippen MR) is 46.4 cm³/mol. The third-order valence-corrected chi connectivity index (χ3v) is 2.11. The highest BCUT2D eigenvalue weighted by molar-refractivity contribution is 9.09. The first kappa shape index (κ1) is 8.02. The fourth-order valence-electron chi connectivity index (χ4n) is 0.912. The van der Waals surface area contributed by atoms with E-state index in [0.29, 0.717) is 4.83 Å². The van der Waals surface area contributed by atoms with Gasteiger partial charge in [0.2, 0.25) is 0 Å². The van der Waals surface area contributed by atoms with E-state index in [4.69, 9.17) is 4.74 Å². The molecule has 1 aliphatic rings. The molecule has 0 saturated carbocycles. The first-order chi connectivity index (χ1) is 4.83. The first-order valence-electron chi connectivity index (χ1n) is 3.33. The average molecular weight is 203 g/mol. The van der Waals surface area contributed by atoms with Gasteiger partial charge in [-0.2, -0.15) is 0 Å². The molecule has 1 aliphatic carbocycles. The van der Waals surface area contributed by atoms with Crippen molar-refractivity contribution >= 4 is 15.9 Å². The molecule has 2 heteroatoms. The zero-order valence-electron chi connectivity index (χ0n) is 6.01. The van der Waals surface area contributed by atoms with Crippen molar-refractivity contribution in [3.8, 4) is 0 Å². The van der Waals surface area contributed by atoms with E-state index in [9.17, 15) is 0 Å². The molecule has 0 spiro atoms. The topological polar surface area (TPSA) is 9.23 Å². The van der Waals surface area contributed by atoms with E-state index < -0.39 is 0 Å². The second-order valence-electron chi connectivity index (χ2n) is 2.32. The van der Waals surface area contributed by atoms with Crippen LogP contribution < -0.4 is 0 Å². The molecule has 0 bridgehead atoms. The van der Waals surface area contributed by atoms with Gasteiger partial charge in [-0.05, 0) is 12.0 Å². The van der Waals surface area contributed by atoms with Gasteiger partial charge in [-0.15, -0.1) is 0 Å². The van der Waals surface area contributed by atoms with Crippen molar-refractivity contribution in [3.63, 3.8) is 0 Å². The number of hydrogen-bond acceptors (Lipinski definition) is 1. The first-order valence-corrected chi connectivity index (χ1v) is 4.24. The monoisotopic (exact) mass is 202 g/mol. The van der Waals surface area contributed by atoms with Crippen LogP contribution in [0.25, 0.3) is 0 Å². The van der Waals surface area contributed by atoms with E-state index in [1.54, 1.807) is 7.11 Å².